The number of nitrogens with zero attached hydrogens (tertiary/aromatic N) is 4. The summed E-state index contributed by atoms with van der Waals surface area (Å²) in [7, 11) is 0. The zero-order chi connectivity index (χ0) is 19.6. The molecule has 28 heavy (non-hydrogen) atoms. The molecule has 4 rings (SSSR count). The molecule has 2 aromatic rings. The van der Waals surface area contributed by atoms with Gasteiger partial charge in [0.05, 0.1) is 12.3 Å². The first kappa shape index (κ1) is 19.3. The summed E-state index contributed by atoms with van der Waals surface area (Å²) >= 11 is 0. The van der Waals surface area contributed by atoms with Crippen LogP contribution in [-0.4, -0.2) is 54.3 Å². The van der Waals surface area contributed by atoms with Gasteiger partial charge in [0.15, 0.2) is 0 Å². The Balaban J connectivity index is 1.33. The lowest BCUT2D eigenvalue weighted by atomic mass is 9.87. The molecule has 1 atom stereocenters. The second kappa shape index (κ2) is 8.18. The Morgan fingerprint density at radius 3 is 2.43 bits per heavy atom. The highest BCUT2D eigenvalue weighted by molar-refractivity contribution is 5.40. The van der Waals surface area contributed by atoms with Gasteiger partial charge in [-0.3, -0.25) is 4.90 Å². The second-order valence-corrected chi connectivity index (χ2v) is 9.07. The van der Waals surface area contributed by atoms with Gasteiger partial charge in [0.25, 0.3) is 0 Å². The molecular weight excluding hydrogens is 348 g/mol. The zero-order valence-electron chi connectivity index (χ0n) is 17.4. The van der Waals surface area contributed by atoms with E-state index in [0.29, 0.717) is 5.92 Å². The minimum absolute atomic E-state index is 0.213. The topological polar surface area (TPSA) is 41.5 Å². The van der Waals surface area contributed by atoms with E-state index in [1.807, 2.05) is 0 Å². The molecule has 0 aliphatic carbocycles. The molecule has 2 aliphatic heterocycles. The quantitative estimate of drug-likeness (QED) is 0.811. The SMILES string of the molecule is CC(C)(C)c1ccc(CN2CCN(c3cc([C@@H]4CCOC4)ncn3)CC2)cc1. The molecule has 0 spiro atoms. The van der Waals surface area contributed by atoms with Gasteiger partial charge in [-0.25, -0.2) is 9.97 Å². The van der Waals surface area contributed by atoms with Gasteiger partial charge < -0.3 is 9.64 Å². The van der Waals surface area contributed by atoms with Crippen LogP contribution in [0.2, 0.25) is 0 Å². The second-order valence-electron chi connectivity index (χ2n) is 9.07. The predicted octanol–water partition coefficient (Wildman–Crippen LogP) is 3.60. The van der Waals surface area contributed by atoms with Gasteiger partial charge in [-0.05, 0) is 23.0 Å². The van der Waals surface area contributed by atoms with Crippen molar-refractivity contribution < 1.29 is 4.74 Å². The van der Waals surface area contributed by atoms with E-state index in [4.69, 9.17) is 4.74 Å². The Labute approximate surface area is 168 Å². The third kappa shape index (κ3) is 4.53. The average molecular weight is 381 g/mol. The molecule has 2 aliphatic rings. The Morgan fingerprint density at radius 2 is 1.79 bits per heavy atom. The molecule has 150 valence electrons. The molecule has 0 bridgehead atoms. The Hall–Kier alpha value is -1.98. The fourth-order valence-electron chi connectivity index (χ4n) is 4.03. The van der Waals surface area contributed by atoms with E-state index in [-0.39, 0.29) is 5.41 Å². The van der Waals surface area contributed by atoms with Crippen molar-refractivity contribution in [2.24, 2.45) is 0 Å². The molecule has 0 amide bonds. The first-order valence-corrected chi connectivity index (χ1v) is 10.5. The minimum atomic E-state index is 0.213. The number of aromatic nitrogens is 2. The van der Waals surface area contributed by atoms with Gasteiger partial charge >= 0.3 is 0 Å². The summed E-state index contributed by atoms with van der Waals surface area (Å²) in [4.78, 5) is 13.9. The number of ether oxygens (including phenoxy) is 1. The third-order valence-electron chi connectivity index (χ3n) is 5.94. The number of hydrogen-bond donors (Lipinski definition) is 0. The lowest BCUT2D eigenvalue weighted by molar-refractivity contribution is 0.193. The monoisotopic (exact) mass is 380 g/mol. The number of benzene rings is 1. The van der Waals surface area contributed by atoms with E-state index in [9.17, 15) is 0 Å². The predicted molar refractivity (Wildman–Crippen MR) is 113 cm³/mol. The first-order chi connectivity index (χ1) is 13.5. The summed E-state index contributed by atoms with van der Waals surface area (Å²) in [6.07, 6.45) is 2.78. The van der Waals surface area contributed by atoms with Crippen molar-refractivity contribution in [3.8, 4) is 0 Å². The summed E-state index contributed by atoms with van der Waals surface area (Å²) in [5, 5.41) is 0. The smallest absolute Gasteiger partial charge is 0.132 e. The van der Waals surface area contributed by atoms with Crippen molar-refractivity contribution in [3.63, 3.8) is 0 Å². The lowest BCUT2D eigenvalue weighted by Gasteiger charge is -2.35. The van der Waals surface area contributed by atoms with E-state index in [0.717, 1.165) is 63.9 Å². The van der Waals surface area contributed by atoms with E-state index in [2.05, 4.69) is 70.9 Å². The molecule has 2 saturated heterocycles. The highest BCUT2D eigenvalue weighted by Crippen LogP contribution is 2.26. The van der Waals surface area contributed by atoms with E-state index >= 15 is 0 Å². The Morgan fingerprint density at radius 1 is 1.04 bits per heavy atom. The van der Waals surface area contributed by atoms with Gasteiger partial charge in [0.2, 0.25) is 0 Å². The van der Waals surface area contributed by atoms with Crippen molar-refractivity contribution >= 4 is 5.82 Å². The maximum Gasteiger partial charge on any atom is 0.132 e. The van der Waals surface area contributed by atoms with Crippen LogP contribution in [0.5, 0.6) is 0 Å². The molecule has 5 heteroatoms. The Kier molecular flexibility index (Phi) is 5.65. The molecule has 0 saturated carbocycles. The van der Waals surface area contributed by atoms with Crippen LogP contribution in [0.4, 0.5) is 5.82 Å². The Bertz CT molecular complexity index is 770. The highest BCUT2D eigenvalue weighted by atomic mass is 16.5. The van der Waals surface area contributed by atoms with Crippen LogP contribution < -0.4 is 4.90 Å². The highest BCUT2D eigenvalue weighted by Gasteiger charge is 2.22. The number of anilines is 1. The summed E-state index contributed by atoms with van der Waals surface area (Å²) in [6.45, 7) is 13.6. The molecule has 1 aromatic carbocycles. The van der Waals surface area contributed by atoms with Crippen molar-refractivity contribution in [1.82, 2.24) is 14.9 Å². The number of hydrogen-bond acceptors (Lipinski definition) is 5. The van der Waals surface area contributed by atoms with Crippen molar-refractivity contribution in [1.29, 1.82) is 0 Å². The molecular formula is C23H32N4O. The molecule has 0 unspecified atom stereocenters. The van der Waals surface area contributed by atoms with E-state index in [1.165, 1.54) is 11.1 Å². The number of rotatable bonds is 4. The summed E-state index contributed by atoms with van der Waals surface area (Å²) in [6, 6.07) is 11.3. The van der Waals surface area contributed by atoms with Gasteiger partial charge in [-0.2, -0.15) is 0 Å². The van der Waals surface area contributed by atoms with Gasteiger partial charge in [-0.15, -0.1) is 0 Å². The van der Waals surface area contributed by atoms with Crippen LogP contribution in [0.25, 0.3) is 0 Å². The fourth-order valence-corrected chi connectivity index (χ4v) is 4.03. The third-order valence-corrected chi connectivity index (χ3v) is 5.94. The van der Waals surface area contributed by atoms with Gasteiger partial charge in [-0.1, -0.05) is 45.0 Å². The van der Waals surface area contributed by atoms with Crippen molar-refractivity contribution in [2.45, 2.75) is 45.1 Å². The maximum atomic E-state index is 5.51. The van der Waals surface area contributed by atoms with Crippen LogP contribution in [0, 0.1) is 0 Å². The summed E-state index contributed by atoms with van der Waals surface area (Å²) in [5.74, 6) is 1.49. The first-order valence-electron chi connectivity index (χ1n) is 10.5. The maximum absolute atomic E-state index is 5.51. The zero-order valence-corrected chi connectivity index (χ0v) is 17.4. The minimum Gasteiger partial charge on any atom is -0.381 e. The van der Waals surface area contributed by atoms with Crippen molar-refractivity contribution in [3.05, 3.63) is 53.5 Å². The van der Waals surface area contributed by atoms with Crippen LogP contribution >= 0.6 is 0 Å². The summed E-state index contributed by atoms with van der Waals surface area (Å²) in [5.41, 5.74) is 4.13. The van der Waals surface area contributed by atoms with Crippen molar-refractivity contribution in [2.75, 3.05) is 44.3 Å². The van der Waals surface area contributed by atoms with Crippen LogP contribution in [0.1, 0.15) is 49.9 Å². The molecule has 0 radical (unpaired) electrons. The van der Waals surface area contributed by atoms with Gasteiger partial charge in [0, 0.05) is 51.3 Å². The normalized spacial score (nSPS) is 21.2. The molecule has 0 N–H and O–H groups in total. The molecule has 5 nitrogen and oxygen atoms in total. The van der Waals surface area contributed by atoms with E-state index < -0.39 is 0 Å². The van der Waals surface area contributed by atoms with Crippen LogP contribution in [0.15, 0.2) is 36.7 Å². The lowest BCUT2D eigenvalue weighted by Crippen LogP contribution is -2.46. The summed E-state index contributed by atoms with van der Waals surface area (Å²) < 4.78 is 5.51. The van der Waals surface area contributed by atoms with Crippen LogP contribution in [-0.2, 0) is 16.7 Å². The molecule has 3 heterocycles. The number of piperazine rings is 1. The van der Waals surface area contributed by atoms with Gasteiger partial charge in [0.1, 0.15) is 12.1 Å². The van der Waals surface area contributed by atoms with E-state index in [1.54, 1.807) is 6.33 Å². The fraction of sp³-hybridized carbons (Fsp3) is 0.565. The largest absolute Gasteiger partial charge is 0.381 e. The average Bonchev–Trinajstić information content (AvgIpc) is 3.23. The van der Waals surface area contributed by atoms with Crippen LogP contribution in [0.3, 0.4) is 0 Å². The standard InChI is InChI=1S/C23H32N4O/c1-23(2,3)20-6-4-18(5-7-20)15-26-9-11-27(12-10-26)22-14-21(24-17-25-22)19-8-13-28-16-19/h4-7,14,17,19H,8-13,15-16H2,1-3H3/t19-/m1/s1. The molecule has 2 fully saturated rings. The molecule has 1 aromatic heterocycles.